The number of hydrogen-bond donors (Lipinski definition) is 0. The molecule has 0 unspecified atom stereocenters. The van der Waals surface area contributed by atoms with Crippen LogP contribution in [0, 0.1) is 0 Å². The predicted molar refractivity (Wildman–Crippen MR) is 372 cm³/mol. The molecule has 0 spiro atoms. The van der Waals surface area contributed by atoms with Crippen molar-refractivity contribution in [2.45, 2.75) is 81.5 Å². The first-order chi connectivity index (χ1) is 44.2. The average molecular weight is 1150 g/mol. The topological polar surface area (TPSA) is 32.8 Å². The highest BCUT2D eigenvalue weighted by Gasteiger charge is 2.48. The maximum atomic E-state index is 7.59. The predicted octanol–water partition coefficient (Wildman–Crippen LogP) is 24.3. The van der Waals surface area contributed by atoms with E-state index in [9.17, 15) is 0 Å². The normalized spacial score (nSPS) is 15.2. The highest BCUT2D eigenvalue weighted by atomic mass is 16.3. The van der Waals surface area contributed by atoms with Gasteiger partial charge in [-0.1, -0.05) is 239 Å². The molecule has 0 N–H and O–H groups in total. The number of fused-ring (bicyclic) bond motifs is 15. The number of anilines is 6. The van der Waals surface area contributed by atoms with Crippen molar-refractivity contribution in [2.75, 3.05) is 9.80 Å². The fourth-order valence-corrected chi connectivity index (χ4v) is 16.7. The molecule has 2 heterocycles. The third-order valence-corrected chi connectivity index (χ3v) is 20.6. The minimum atomic E-state index is -0.787. The van der Waals surface area contributed by atoms with Gasteiger partial charge in [-0.25, -0.2) is 0 Å². The maximum absolute atomic E-state index is 7.59. The van der Waals surface area contributed by atoms with Crippen LogP contribution in [0.5, 0.6) is 0 Å². The highest BCUT2D eigenvalue weighted by Crippen LogP contribution is 2.62. The average Bonchev–Trinajstić information content (AvgIpc) is 1.57. The lowest BCUT2D eigenvalue weighted by Gasteiger charge is -2.36. The van der Waals surface area contributed by atoms with Crippen molar-refractivity contribution in [3.8, 4) is 11.1 Å². The van der Waals surface area contributed by atoms with Crippen molar-refractivity contribution >= 4 is 110 Å². The quantitative estimate of drug-likeness (QED) is 0.137. The minimum Gasteiger partial charge on any atom is -0.454 e. The molecule has 0 aliphatic heterocycles. The van der Waals surface area contributed by atoms with Crippen molar-refractivity contribution < 1.29 is 8.83 Å². The Morgan fingerprint density at radius 3 is 1.27 bits per heavy atom. The number of furan rings is 2. The van der Waals surface area contributed by atoms with Crippen molar-refractivity contribution in [3.63, 3.8) is 0 Å². The Balaban J connectivity index is 0.903. The third kappa shape index (κ3) is 8.05. The summed E-state index contributed by atoms with van der Waals surface area (Å²) in [5.74, 6) is 0.915. The van der Waals surface area contributed by atoms with Crippen LogP contribution in [0.4, 0.5) is 34.1 Å². The molecule has 18 rings (SSSR count). The van der Waals surface area contributed by atoms with E-state index in [-0.39, 0.29) is 0 Å². The van der Waals surface area contributed by atoms with Gasteiger partial charge in [0.15, 0.2) is 11.2 Å². The van der Waals surface area contributed by atoms with Gasteiger partial charge < -0.3 is 18.6 Å². The Morgan fingerprint density at radius 1 is 0.303 bits per heavy atom. The van der Waals surface area contributed by atoms with Crippen LogP contribution in [0.1, 0.15) is 109 Å². The van der Waals surface area contributed by atoms with Crippen molar-refractivity contribution in [1.82, 2.24) is 0 Å². The van der Waals surface area contributed by atoms with Crippen LogP contribution in [-0.2, 0) is 5.41 Å². The van der Waals surface area contributed by atoms with Gasteiger partial charge in [0.25, 0.3) is 0 Å². The van der Waals surface area contributed by atoms with Gasteiger partial charge in [0.05, 0.1) is 22.5 Å². The van der Waals surface area contributed by atoms with Gasteiger partial charge in [0.2, 0.25) is 0 Å². The first-order valence-corrected chi connectivity index (χ1v) is 32.5. The molecule has 0 atom stereocenters. The minimum absolute atomic E-state index is 0.454. The van der Waals surface area contributed by atoms with E-state index in [1.165, 1.54) is 146 Å². The summed E-state index contributed by atoms with van der Waals surface area (Å²) in [6.45, 7) is 0. The maximum Gasteiger partial charge on any atom is 0.159 e. The van der Waals surface area contributed by atoms with Crippen molar-refractivity contribution in [2.24, 2.45) is 0 Å². The van der Waals surface area contributed by atoms with Crippen molar-refractivity contribution in [3.05, 3.63) is 300 Å². The van der Waals surface area contributed by atoms with Gasteiger partial charge in [-0.3, -0.25) is 0 Å². The zero-order chi connectivity index (χ0) is 58.6. The van der Waals surface area contributed by atoms with Crippen LogP contribution in [0.2, 0.25) is 0 Å². The molecule has 4 heteroatoms. The van der Waals surface area contributed by atoms with Crippen LogP contribution in [0.25, 0.3) is 87.3 Å². The van der Waals surface area contributed by atoms with E-state index in [0.717, 1.165) is 72.6 Å². The summed E-state index contributed by atoms with van der Waals surface area (Å²) in [5.41, 5.74) is 19.3. The molecule has 15 aromatic rings. The Kier molecular flexibility index (Phi) is 12.3. The first kappa shape index (κ1) is 52.0. The Morgan fingerprint density at radius 2 is 0.742 bits per heavy atom. The lowest BCUT2D eigenvalue weighted by molar-refractivity contribution is 0.442. The fourth-order valence-electron chi connectivity index (χ4n) is 16.7. The number of rotatable bonds is 10. The van der Waals surface area contributed by atoms with Crippen LogP contribution in [0.3, 0.4) is 0 Å². The molecule has 89 heavy (non-hydrogen) atoms. The zero-order valence-electron chi connectivity index (χ0n) is 49.8. The van der Waals surface area contributed by atoms with Gasteiger partial charge in [0, 0.05) is 44.0 Å². The summed E-state index contributed by atoms with van der Waals surface area (Å²) in [6.07, 6.45) is 12.3. The molecular formula is C85H66N2O2. The molecular weight excluding hydrogens is 1080 g/mol. The summed E-state index contributed by atoms with van der Waals surface area (Å²) in [4.78, 5) is 4.95. The summed E-state index contributed by atoms with van der Waals surface area (Å²) in [6, 6.07) is 99.8. The highest BCUT2D eigenvalue weighted by molar-refractivity contribution is 6.24. The van der Waals surface area contributed by atoms with E-state index in [1.807, 2.05) is 0 Å². The molecule has 4 nitrogen and oxygen atoms in total. The van der Waals surface area contributed by atoms with Gasteiger partial charge in [-0.05, 0) is 176 Å². The summed E-state index contributed by atoms with van der Waals surface area (Å²) in [5, 5.41) is 12.1. The molecule has 0 radical (unpaired) electrons. The molecule has 0 amide bonds. The van der Waals surface area contributed by atoms with Crippen LogP contribution >= 0.6 is 0 Å². The van der Waals surface area contributed by atoms with E-state index < -0.39 is 5.41 Å². The number of benzene rings is 13. The zero-order valence-corrected chi connectivity index (χ0v) is 49.8. The number of para-hydroxylation sites is 4. The Hall–Kier alpha value is -10.2. The monoisotopic (exact) mass is 1150 g/mol. The van der Waals surface area contributed by atoms with Crippen LogP contribution in [-0.4, -0.2) is 0 Å². The van der Waals surface area contributed by atoms with E-state index >= 15 is 0 Å². The van der Waals surface area contributed by atoms with Crippen LogP contribution < -0.4 is 9.80 Å². The molecule has 13 aromatic carbocycles. The van der Waals surface area contributed by atoms with E-state index in [4.69, 9.17) is 8.83 Å². The lowest BCUT2D eigenvalue weighted by Crippen LogP contribution is -2.29. The molecule has 3 aliphatic carbocycles. The molecule has 3 aliphatic rings. The largest absolute Gasteiger partial charge is 0.454 e. The molecule has 2 saturated carbocycles. The SMILES string of the molecule is c1ccc(N(c2ccc3c(c2)C(c2ccccc2)(c2ccccc2)c2cc(N(c4ccccc4)c4cccc5c4oc4c(C6CCCCC6)cc6ccccc6c45)c4ccccc4c2-3)c2cccc3c2oc2c(C4CCCCC4)cc4ccccc4c23)cc1. The second kappa shape index (κ2) is 21.0. The second-order valence-electron chi connectivity index (χ2n) is 25.4. The molecule has 0 saturated heterocycles. The standard InChI is InChI=1S/C85H66N2O2/c1-7-27-55(28-8-1)71-51-57-31-19-21-41-64(57)79-69-45-25-47-75(81(69)88-83(71)79)86(61-37-15-5-16-38-61)63-49-50-68-73(53-63)85(59-33-11-3-12-34-59,60-35-13-4-14-36-60)74-54-77(66-43-23-24-44-67(66)78(68)74)87(62-39-17-6-18-40-62)76-48-26-46-70-80-65-42-22-20-32-58(65)52-72(84(80)89-82(70)76)56-29-9-2-10-30-56/h3-6,11-26,31-56H,1-2,7-10,27-30H2. The number of nitrogens with zero attached hydrogens (tertiary/aromatic N) is 2. The van der Waals surface area contributed by atoms with Gasteiger partial charge in [-0.2, -0.15) is 0 Å². The first-order valence-electron chi connectivity index (χ1n) is 32.5. The molecule has 0 bridgehead atoms. The van der Waals surface area contributed by atoms with Crippen LogP contribution in [0.15, 0.2) is 276 Å². The van der Waals surface area contributed by atoms with Crippen molar-refractivity contribution in [1.29, 1.82) is 0 Å². The molecule has 2 aromatic heterocycles. The lowest BCUT2D eigenvalue weighted by atomic mass is 9.67. The Bertz CT molecular complexity index is 5190. The smallest absolute Gasteiger partial charge is 0.159 e. The van der Waals surface area contributed by atoms with Gasteiger partial charge in [0.1, 0.15) is 11.2 Å². The summed E-state index contributed by atoms with van der Waals surface area (Å²) < 4.78 is 15.1. The van der Waals surface area contributed by atoms with E-state index in [2.05, 4.69) is 277 Å². The second-order valence-corrected chi connectivity index (χ2v) is 25.4. The third-order valence-electron chi connectivity index (χ3n) is 20.6. The molecule has 428 valence electrons. The number of hydrogen-bond acceptors (Lipinski definition) is 4. The summed E-state index contributed by atoms with van der Waals surface area (Å²) in [7, 11) is 0. The van der Waals surface area contributed by atoms with Gasteiger partial charge >= 0.3 is 0 Å². The fraction of sp³-hybridized carbons (Fsp3) is 0.153. The molecule has 2 fully saturated rings. The Labute approximate surface area is 518 Å². The summed E-state index contributed by atoms with van der Waals surface area (Å²) >= 11 is 0. The van der Waals surface area contributed by atoms with E-state index in [0.29, 0.717) is 11.8 Å². The van der Waals surface area contributed by atoms with Gasteiger partial charge in [-0.15, -0.1) is 0 Å². The van der Waals surface area contributed by atoms with E-state index in [1.54, 1.807) is 0 Å².